The molecule has 44 valence electrons. The first-order valence-electron chi connectivity index (χ1n) is 1.63. The van der Waals surface area contributed by atoms with Crippen LogP contribution in [-0.2, 0) is 5.37 Å². The van der Waals surface area contributed by atoms with Gasteiger partial charge < -0.3 is 5.11 Å². The van der Waals surface area contributed by atoms with Gasteiger partial charge in [0, 0.05) is 0 Å². The molecule has 0 aliphatic carbocycles. The SMILES string of the molecule is C[O-].C[O][Pb][O]C.[Na+]. The monoisotopic (exact) mass is 324 g/mol. The molecule has 0 heterocycles. The second-order valence-electron chi connectivity index (χ2n) is 0.492. The van der Waals surface area contributed by atoms with Gasteiger partial charge in [-0.2, -0.15) is 7.11 Å². The van der Waals surface area contributed by atoms with E-state index in [4.69, 9.17) is 5.11 Å². The molecule has 0 rings (SSSR count). The van der Waals surface area contributed by atoms with Gasteiger partial charge in [0.1, 0.15) is 0 Å². The van der Waals surface area contributed by atoms with Crippen molar-refractivity contribution in [1.82, 2.24) is 0 Å². The molecule has 0 spiro atoms. The Morgan fingerprint density at radius 2 is 1.38 bits per heavy atom. The van der Waals surface area contributed by atoms with E-state index in [1.165, 1.54) is 0 Å². The van der Waals surface area contributed by atoms with Crippen LogP contribution in [0.25, 0.3) is 0 Å². The van der Waals surface area contributed by atoms with Gasteiger partial charge in [0.15, 0.2) is 0 Å². The van der Waals surface area contributed by atoms with Crippen molar-refractivity contribution in [2.45, 2.75) is 0 Å². The number of hydrogen-bond acceptors (Lipinski definition) is 3. The van der Waals surface area contributed by atoms with Gasteiger partial charge >= 0.3 is 74.3 Å². The summed E-state index contributed by atoms with van der Waals surface area (Å²) in [5, 5.41) is 8.25. The Balaban J connectivity index is -0.0000000750. The Labute approximate surface area is 85.6 Å². The minimum Gasteiger partial charge on any atom is 1.00 e. The first-order valence-corrected chi connectivity index (χ1v) is 4.81. The summed E-state index contributed by atoms with van der Waals surface area (Å²) in [6, 6.07) is 0. The summed E-state index contributed by atoms with van der Waals surface area (Å²) in [5.41, 5.74) is 0. The van der Waals surface area contributed by atoms with Gasteiger partial charge in [-0.15, -0.1) is 0 Å². The maximum Gasteiger partial charge on any atom is 1.00 e. The summed E-state index contributed by atoms with van der Waals surface area (Å²) in [6.45, 7) is 0. The molecule has 0 aromatic rings. The molecule has 0 unspecified atom stereocenters. The standard InChI is InChI=1S/3CH3O.Na.Pb/c3*1-2;;/h3*1H3;;/q3*-1;+1;+2. The van der Waals surface area contributed by atoms with E-state index < -0.39 is 25.1 Å². The van der Waals surface area contributed by atoms with Crippen LogP contribution < -0.4 is 34.7 Å². The van der Waals surface area contributed by atoms with Gasteiger partial charge in [-0.25, -0.2) is 0 Å². The van der Waals surface area contributed by atoms with E-state index in [1.54, 1.807) is 14.2 Å². The van der Waals surface area contributed by atoms with Crippen molar-refractivity contribution in [3.63, 3.8) is 0 Å². The first kappa shape index (κ1) is 16.4. The average molecular weight is 323 g/mol. The minimum atomic E-state index is -0.951. The van der Waals surface area contributed by atoms with Gasteiger partial charge in [-0.1, -0.05) is 0 Å². The molecule has 0 atom stereocenters. The smallest absolute Gasteiger partial charge is 1.00 e. The summed E-state index contributed by atoms with van der Waals surface area (Å²) in [5.74, 6) is 0. The summed E-state index contributed by atoms with van der Waals surface area (Å²) < 4.78 is 9.33. The van der Waals surface area contributed by atoms with Crippen molar-refractivity contribution >= 4 is 25.1 Å². The second kappa shape index (κ2) is 23.2. The van der Waals surface area contributed by atoms with Gasteiger partial charge in [-0.3, -0.25) is 0 Å². The van der Waals surface area contributed by atoms with E-state index in [-0.39, 0.29) is 29.6 Å². The maximum absolute atomic E-state index is 8.25. The van der Waals surface area contributed by atoms with Crippen LogP contribution in [0, 0.1) is 0 Å². The van der Waals surface area contributed by atoms with E-state index >= 15 is 0 Å². The topological polar surface area (TPSA) is 41.5 Å². The van der Waals surface area contributed by atoms with Crippen molar-refractivity contribution < 1.29 is 40.0 Å². The molecule has 0 aliphatic heterocycles. The van der Waals surface area contributed by atoms with Crippen LogP contribution in [0.1, 0.15) is 0 Å². The maximum atomic E-state index is 8.25. The van der Waals surface area contributed by atoms with Gasteiger partial charge in [0.25, 0.3) is 0 Å². The van der Waals surface area contributed by atoms with Gasteiger partial charge in [-0.05, 0) is 0 Å². The third-order valence-corrected chi connectivity index (χ3v) is 1.46. The molecule has 8 heavy (non-hydrogen) atoms. The fourth-order valence-electron chi connectivity index (χ4n) is 0.0833. The molecule has 0 N–H and O–H groups in total. The molecule has 0 aromatic heterocycles. The Hall–Kier alpha value is 1.80. The van der Waals surface area contributed by atoms with E-state index in [0.29, 0.717) is 0 Å². The molecule has 0 aromatic carbocycles. The summed E-state index contributed by atoms with van der Waals surface area (Å²) in [6.07, 6.45) is 0. The van der Waals surface area contributed by atoms with Gasteiger partial charge in [0.05, 0.1) is 0 Å². The molecule has 0 saturated carbocycles. The second-order valence-corrected chi connectivity index (χ2v) is 4.31. The molecular weight excluding hydrogens is 314 g/mol. The van der Waals surface area contributed by atoms with Crippen molar-refractivity contribution in [1.29, 1.82) is 0 Å². The molecule has 0 aliphatic rings. The van der Waals surface area contributed by atoms with E-state index in [2.05, 4.69) is 5.37 Å². The van der Waals surface area contributed by atoms with Crippen molar-refractivity contribution in [3.8, 4) is 0 Å². The van der Waals surface area contributed by atoms with Gasteiger partial charge in [0.2, 0.25) is 0 Å². The zero-order chi connectivity index (χ0) is 6.12. The van der Waals surface area contributed by atoms with Crippen molar-refractivity contribution in [3.05, 3.63) is 0 Å². The van der Waals surface area contributed by atoms with Crippen LogP contribution in [0.4, 0.5) is 0 Å². The normalized spacial score (nSPS) is 6.00. The minimum absolute atomic E-state index is 0. The summed E-state index contributed by atoms with van der Waals surface area (Å²) in [7, 11) is 4.10. The molecule has 3 nitrogen and oxygen atoms in total. The zero-order valence-electron chi connectivity index (χ0n) is 5.72. The quantitative estimate of drug-likeness (QED) is 0.484. The van der Waals surface area contributed by atoms with Crippen LogP contribution in [-0.4, -0.2) is 46.5 Å². The van der Waals surface area contributed by atoms with Crippen LogP contribution >= 0.6 is 0 Å². The average Bonchev–Trinajstić information content (AvgIpc) is 1.75. The predicted molar refractivity (Wildman–Crippen MR) is 25.7 cm³/mol. The molecule has 5 heteroatoms. The third kappa shape index (κ3) is 25.0. The Morgan fingerprint density at radius 1 is 1.12 bits per heavy atom. The molecule has 0 fully saturated rings. The fraction of sp³-hybridized carbons (Fsp3) is 1.00. The molecule has 0 amide bonds. The summed E-state index contributed by atoms with van der Waals surface area (Å²) >= 11 is -0.951. The van der Waals surface area contributed by atoms with E-state index in [1.807, 2.05) is 0 Å². The Bertz CT molecular complexity index is 22.0. The third-order valence-electron chi connectivity index (χ3n) is 0.167. The zero-order valence-corrected chi connectivity index (χ0v) is 11.6. The summed E-state index contributed by atoms with van der Waals surface area (Å²) in [4.78, 5) is 0. The fourth-order valence-corrected chi connectivity index (χ4v) is 0.731. The van der Waals surface area contributed by atoms with E-state index in [0.717, 1.165) is 7.11 Å². The van der Waals surface area contributed by atoms with Crippen LogP contribution in [0.3, 0.4) is 0 Å². The van der Waals surface area contributed by atoms with Crippen LogP contribution in [0.5, 0.6) is 0 Å². The molecule has 0 bridgehead atoms. The predicted octanol–water partition coefficient (Wildman–Crippen LogP) is -4.21. The molecule has 2 radical (unpaired) electrons. The van der Waals surface area contributed by atoms with Crippen molar-refractivity contribution in [2.24, 2.45) is 0 Å². The van der Waals surface area contributed by atoms with E-state index in [9.17, 15) is 0 Å². The van der Waals surface area contributed by atoms with Crippen molar-refractivity contribution in [2.75, 3.05) is 21.3 Å². The molecule has 0 saturated heterocycles. The largest absolute Gasteiger partial charge is 1.00 e. The van der Waals surface area contributed by atoms with Crippen LogP contribution in [0.2, 0.25) is 0 Å². The van der Waals surface area contributed by atoms with Crippen LogP contribution in [0.15, 0.2) is 0 Å². The molecular formula is C3H9NaO3Pb. The Kier molecular flexibility index (Phi) is 47.7. The number of hydrogen-bond donors (Lipinski definition) is 0. The Morgan fingerprint density at radius 3 is 1.38 bits per heavy atom. The number of rotatable bonds is 2. The first-order chi connectivity index (χ1) is 3.41.